The Balaban J connectivity index is 2.00. The van der Waals surface area contributed by atoms with E-state index in [0.29, 0.717) is 11.8 Å². The highest BCUT2D eigenvalue weighted by Gasteiger charge is 2.35. The second kappa shape index (κ2) is 3.38. The molecule has 1 heterocycles. The standard InChI is InChI=1S/C17H17N/c1-11-7-8-13-12(9-11)10-16-17(13)14-5-3-4-6-15(14)18(16)2/h3-9,12-13H,10H2,1-2H3. The van der Waals surface area contributed by atoms with Crippen LogP contribution in [0.5, 0.6) is 0 Å². The second-order valence-electron chi connectivity index (χ2n) is 5.60. The summed E-state index contributed by atoms with van der Waals surface area (Å²) >= 11 is 0. The number of hydrogen-bond acceptors (Lipinski definition) is 0. The molecule has 4 rings (SSSR count). The molecule has 0 bridgehead atoms. The molecule has 90 valence electrons. The first kappa shape index (κ1) is 10.2. The van der Waals surface area contributed by atoms with Gasteiger partial charge in [0.25, 0.3) is 0 Å². The third-order valence-corrected chi connectivity index (χ3v) is 4.54. The molecule has 0 N–H and O–H groups in total. The van der Waals surface area contributed by atoms with Crippen LogP contribution in [0.25, 0.3) is 10.9 Å². The third-order valence-electron chi connectivity index (χ3n) is 4.54. The first-order chi connectivity index (χ1) is 8.75. The molecule has 0 saturated heterocycles. The Kier molecular flexibility index (Phi) is 1.91. The topological polar surface area (TPSA) is 4.93 Å². The lowest BCUT2D eigenvalue weighted by molar-refractivity contribution is 0.616. The van der Waals surface area contributed by atoms with Gasteiger partial charge >= 0.3 is 0 Å². The highest BCUT2D eigenvalue weighted by atomic mass is 15.0. The van der Waals surface area contributed by atoms with Crippen molar-refractivity contribution in [2.75, 3.05) is 0 Å². The quantitative estimate of drug-likeness (QED) is 0.651. The average molecular weight is 235 g/mol. The van der Waals surface area contributed by atoms with Crippen molar-refractivity contribution in [1.29, 1.82) is 0 Å². The molecular formula is C17H17N. The third kappa shape index (κ3) is 1.17. The van der Waals surface area contributed by atoms with E-state index in [1.165, 1.54) is 28.6 Å². The average Bonchev–Trinajstić information content (AvgIpc) is 2.87. The highest BCUT2D eigenvalue weighted by Crippen LogP contribution is 2.46. The summed E-state index contributed by atoms with van der Waals surface area (Å²) in [5.74, 6) is 1.27. The minimum absolute atomic E-state index is 0.592. The van der Waals surface area contributed by atoms with E-state index in [1.54, 1.807) is 5.56 Å². The van der Waals surface area contributed by atoms with Gasteiger partial charge in [-0.3, -0.25) is 0 Å². The molecule has 2 atom stereocenters. The van der Waals surface area contributed by atoms with Crippen molar-refractivity contribution in [2.24, 2.45) is 13.0 Å². The minimum atomic E-state index is 0.592. The van der Waals surface area contributed by atoms with E-state index in [2.05, 4.69) is 61.0 Å². The molecule has 1 nitrogen and oxygen atoms in total. The maximum Gasteiger partial charge on any atom is 0.0483 e. The fourth-order valence-electron chi connectivity index (χ4n) is 3.71. The van der Waals surface area contributed by atoms with Crippen LogP contribution < -0.4 is 0 Å². The molecule has 0 aliphatic heterocycles. The van der Waals surface area contributed by atoms with E-state index in [9.17, 15) is 0 Å². The Hall–Kier alpha value is -1.76. The van der Waals surface area contributed by atoms with Gasteiger partial charge in [0.2, 0.25) is 0 Å². The summed E-state index contributed by atoms with van der Waals surface area (Å²) in [5.41, 5.74) is 5.88. The van der Waals surface area contributed by atoms with Gasteiger partial charge in [0.1, 0.15) is 0 Å². The van der Waals surface area contributed by atoms with Crippen LogP contribution in [0.1, 0.15) is 24.1 Å². The first-order valence-electron chi connectivity index (χ1n) is 6.68. The number of allylic oxidation sites excluding steroid dienone is 4. The monoisotopic (exact) mass is 235 g/mol. The lowest BCUT2D eigenvalue weighted by Crippen LogP contribution is -2.07. The molecule has 2 aliphatic rings. The molecule has 2 aliphatic carbocycles. The van der Waals surface area contributed by atoms with Gasteiger partial charge in [0.05, 0.1) is 0 Å². The van der Waals surface area contributed by atoms with Crippen molar-refractivity contribution < 1.29 is 0 Å². The summed E-state index contributed by atoms with van der Waals surface area (Å²) in [6.45, 7) is 2.20. The Morgan fingerprint density at radius 1 is 1.22 bits per heavy atom. The van der Waals surface area contributed by atoms with Gasteiger partial charge < -0.3 is 4.57 Å². The van der Waals surface area contributed by atoms with Gasteiger partial charge in [-0.25, -0.2) is 0 Å². The van der Waals surface area contributed by atoms with Crippen LogP contribution in [0.4, 0.5) is 0 Å². The van der Waals surface area contributed by atoms with E-state index < -0.39 is 0 Å². The number of nitrogens with zero attached hydrogens (tertiary/aromatic N) is 1. The largest absolute Gasteiger partial charge is 0.347 e. The summed E-state index contributed by atoms with van der Waals surface area (Å²) < 4.78 is 2.39. The van der Waals surface area contributed by atoms with Crippen LogP contribution in [0.2, 0.25) is 0 Å². The number of fused-ring (bicyclic) bond motifs is 5. The number of rotatable bonds is 0. The van der Waals surface area contributed by atoms with Crippen molar-refractivity contribution in [3.8, 4) is 0 Å². The Labute approximate surface area is 107 Å². The molecule has 1 aromatic carbocycles. The summed E-state index contributed by atoms with van der Waals surface area (Å²) in [7, 11) is 2.21. The van der Waals surface area contributed by atoms with E-state index >= 15 is 0 Å². The molecule has 1 aromatic heterocycles. The molecule has 0 fully saturated rings. The summed E-state index contributed by atoms with van der Waals surface area (Å²) in [4.78, 5) is 0. The molecule has 0 saturated carbocycles. The molecule has 0 amide bonds. The van der Waals surface area contributed by atoms with Gasteiger partial charge in [0.15, 0.2) is 0 Å². The van der Waals surface area contributed by atoms with Crippen molar-refractivity contribution in [3.05, 3.63) is 59.3 Å². The molecule has 2 unspecified atom stereocenters. The van der Waals surface area contributed by atoms with Crippen LogP contribution in [-0.2, 0) is 13.5 Å². The molecule has 18 heavy (non-hydrogen) atoms. The summed E-state index contributed by atoms with van der Waals surface area (Å²) in [6.07, 6.45) is 8.31. The molecule has 0 radical (unpaired) electrons. The van der Waals surface area contributed by atoms with E-state index in [0.717, 1.165) is 0 Å². The zero-order valence-corrected chi connectivity index (χ0v) is 10.9. The Morgan fingerprint density at radius 3 is 2.94 bits per heavy atom. The summed E-state index contributed by atoms with van der Waals surface area (Å²) in [6, 6.07) is 8.80. The van der Waals surface area contributed by atoms with Gasteiger partial charge in [-0.2, -0.15) is 0 Å². The van der Waals surface area contributed by atoms with Crippen LogP contribution in [-0.4, -0.2) is 4.57 Å². The van der Waals surface area contributed by atoms with Crippen molar-refractivity contribution >= 4 is 10.9 Å². The van der Waals surface area contributed by atoms with Crippen LogP contribution in [0, 0.1) is 5.92 Å². The minimum Gasteiger partial charge on any atom is -0.347 e. The Bertz CT molecular complexity index is 700. The van der Waals surface area contributed by atoms with Gasteiger partial charge in [-0.15, -0.1) is 0 Å². The molecule has 1 heteroatoms. The SMILES string of the molecule is CC1=CC2Cc3c(c4ccccc4n3C)C2C=C1. The fraction of sp³-hybridized carbons (Fsp3) is 0.294. The number of benzene rings is 1. The fourth-order valence-corrected chi connectivity index (χ4v) is 3.71. The highest BCUT2D eigenvalue weighted by molar-refractivity contribution is 5.87. The lowest BCUT2D eigenvalue weighted by atomic mass is 9.85. The maximum atomic E-state index is 2.44. The van der Waals surface area contributed by atoms with E-state index in [-0.39, 0.29) is 0 Å². The number of hydrogen-bond donors (Lipinski definition) is 0. The zero-order valence-electron chi connectivity index (χ0n) is 10.9. The van der Waals surface area contributed by atoms with Crippen LogP contribution in [0.15, 0.2) is 48.1 Å². The van der Waals surface area contributed by atoms with Crippen molar-refractivity contribution in [2.45, 2.75) is 19.3 Å². The lowest BCUT2D eigenvalue weighted by Gasteiger charge is -2.18. The van der Waals surface area contributed by atoms with Crippen LogP contribution >= 0.6 is 0 Å². The molecular weight excluding hydrogens is 218 g/mol. The van der Waals surface area contributed by atoms with Gasteiger partial charge in [-0.05, 0) is 30.9 Å². The zero-order chi connectivity index (χ0) is 12.3. The van der Waals surface area contributed by atoms with Gasteiger partial charge in [0, 0.05) is 29.6 Å². The van der Waals surface area contributed by atoms with Crippen molar-refractivity contribution in [1.82, 2.24) is 4.57 Å². The molecule has 2 aromatic rings. The number of para-hydroxylation sites is 1. The second-order valence-corrected chi connectivity index (χ2v) is 5.60. The first-order valence-corrected chi connectivity index (χ1v) is 6.68. The smallest absolute Gasteiger partial charge is 0.0483 e. The normalized spacial score (nSPS) is 25.1. The number of aryl methyl sites for hydroxylation is 1. The van der Waals surface area contributed by atoms with E-state index in [4.69, 9.17) is 0 Å². The van der Waals surface area contributed by atoms with Crippen LogP contribution in [0.3, 0.4) is 0 Å². The molecule has 0 spiro atoms. The summed E-state index contributed by atoms with van der Waals surface area (Å²) in [5, 5.41) is 1.44. The predicted octanol–water partition coefficient (Wildman–Crippen LogP) is 3.95. The maximum absolute atomic E-state index is 2.44. The van der Waals surface area contributed by atoms with E-state index in [1.807, 2.05) is 0 Å². The van der Waals surface area contributed by atoms with Crippen molar-refractivity contribution in [3.63, 3.8) is 0 Å². The Morgan fingerprint density at radius 2 is 2.06 bits per heavy atom. The predicted molar refractivity (Wildman–Crippen MR) is 75.8 cm³/mol. The number of aromatic nitrogens is 1. The van der Waals surface area contributed by atoms with Gasteiger partial charge in [-0.1, -0.05) is 42.0 Å².